The number of carbonyl (C=O) groups excluding carboxylic acids is 4. The fraction of sp³-hybridized carbons (Fsp3) is 0.518. The Morgan fingerprint density at radius 2 is 1.68 bits per heavy atom. The second-order valence-electron chi connectivity index (χ2n) is 22.6. The molecule has 16 nitrogen and oxygen atoms in total. The van der Waals surface area contributed by atoms with E-state index < -0.39 is 41.3 Å². The predicted molar refractivity (Wildman–Crippen MR) is 271 cm³/mol. The number of amides is 4. The average Bonchev–Trinajstić information content (AvgIpc) is 4.11. The largest absolute Gasteiger partial charge is 0.508 e. The van der Waals surface area contributed by atoms with Crippen LogP contribution in [0.5, 0.6) is 11.8 Å². The van der Waals surface area contributed by atoms with Gasteiger partial charge in [0.25, 0.3) is 11.8 Å². The summed E-state index contributed by atoms with van der Waals surface area (Å²) in [5, 5.41) is 14.6. The van der Waals surface area contributed by atoms with Crippen LogP contribution in [0.1, 0.15) is 104 Å². The number of benzene rings is 3. The number of aryl methyl sites for hydroxylation is 1. The topological polar surface area (TPSA) is 174 Å². The van der Waals surface area contributed by atoms with Gasteiger partial charge >= 0.3 is 6.01 Å². The van der Waals surface area contributed by atoms with E-state index in [9.17, 15) is 24.3 Å². The number of hydrogen-bond acceptors (Lipinski definition) is 14. The Labute approximate surface area is 427 Å². The van der Waals surface area contributed by atoms with Crippen molar-refractivity contribution in [1.82, 2.24) is 35.0 Å². The highest BCUT2D eigenvalue weighted by molar-refractivity contribution is 6.25. The first-order chi connectivity index (χ1) is 35.8. The number of likely N-dealkylation sites (tertiary alicyclic amines) is 1. The third-order valence-electron chi connectivity index (χ3n) is 18.1. The number of aromatic nitrogens is 3. The number of rotatable bonds is 11. The Balaban J connectivity index is 0.657. The highest BCUT2D eigenvalue weighted by atomic mass is 19.1. The molecular weight excluding hydrogens is 949 g/mol. The van der Waals surface area contributed by atoms with Crippen molar-refractivity contribution in [3.05, 3.63) is 77.0 Å². The Kier molecular flexibility index (Phi) is 11.5. The third-order valence-corrected chi connectivity index (χ3v) is 18.1. The van der Waals surface area contributed by atoms with Gasteiger partial charge in [-0.2, -0.15) is 9.97 Å². The molecule has 2 aliphatic carbocycles. The molecule has 2 aromatic heterocycles. The molecule has 7 fully saturated rings. The number of imide groups is 2. The van der Waals surface area contributed by atoms with Crippen molar-refractivity contribution in [2.45, 2.75) is 102 Å². The van der Waals surface area contributed by atoms with Gasteiger partial charge in [-0.1, -0.05) is 19.1 Å². The van der Waals surface area contributed by atoms with E-state index in [1.165, 1.54) is 25.0 Å². The molecule has 4 amide bonds. The van der Waals surface area contributed by atoms with Crippen LogP contribution in [0.15, 0.2) is 48.7 Å². The molecule has 0 radical (unpaired) electrons. The Morgan fingerprint density at radius 1 is 0.878 bits per heavy atom. The number of hydrogen-bond donors (Lipinski definition) is 2. The Morgan fingerprint density at radius 3 is 2.41 bits per heavy atom. The maximum absolute atomic E-state index is 17.3. The van der Waals surface area contributed by atoms with Crippen LogP contribution in [0.25, 0.3) is 32.9 Å². The van der Waals surface area contributed by atoms with E-state index in [-0.39, 0.29) is 46.8 Å². The van der Waals surface area contributed by atoms with Crippen molar-refractivity contribution in [3.8, 4) is 23.0 Å². The van der Waals surface area contributed by atoms with Crippen LogP contribution in [-0.4, -0.2) is 148 Å². The molecule has 2 unspecified atom stereocenters. The van der Waals surface area contributed by atoms with Crippen molar-refractivity contribution in [3.63, 3.8) is 0 Å². The number of piperazine rings is 1. The molecule has 2 N–H and O–H groups in total. The summed E-state index contributed by atoms with van der Waals surface area (Å²) < 4.78 is 45.2. The van der Waals surface area contributed by atoms with Crippen LogP contribution in [0.2, 0.25) is 0 Å². The summed E-state index contributed by atoms with van der Waals surface area (Å²) in [4.78, 5) is 76.7. The lowest BCUT2D eigenvalue weighted by Crippen LogP contribution is -2.59. The van der Waals surface area contributed by atoms with E-state index in [2.05, 4.69) is 29.9 Å². The van der Waals surface area contributed by atoms with Crippen molar-refractivity contribution in [2.24, 2.45) is 10.8 Å². The normalized spacial score (nSPS) is 25.0. The van der Waals surface area contributed by atoms with Gasteiger partial charge < -0.3 is 29.3 Å². The van der Waals surface area contributed by atoms with Crippen LogP contribution in [0, 0.1) is 22.5 Å². The minimum atomic E-state index is -0.994. The zero-order valence-electron chi connectivity index (χ0n) is 41.8. The second kappa shape index (κ2) is 17.9. The SMILES string of the molecule is CCc1c(F)ccc2cc(O)cc(-c3ncc4c(N5CCCC6(CCO6)C5)nc(OCC5(CN6CCC7(CC6)CC(N6CCN(c8cccc9c8C(=O)N(C8CCC(=O)NC8=O)C9=O)CC6)C7)CC5)nc4c3F)c12. The minimum Gasteiger partial charge on any atom is -0.508 e. The number of ether oxygens (including phenoxy) is 2. The fourth-order valence-electron chi connectivity index (χ4n) is 13.6. The van der Waals surface area contributed by atoms with E-state index >= 15 is 8.78 Å². The molecule has 0 bridgehead atoms. The molecule has 2 spiro atoms. The summed E-state index contributed by atoms with van der Waals surface area (Å²) in [6.45, 7) is 10.4. The molecule has 5 aromatic rings. The number of phenols is 1. The van der Waals surface area contributed by atoms with Crippen molar-refractivity contribution in [1.29, 1.82) is 0 Å². The number of halogens is 2. The van der Waals surface area contributed by atoms with Gasteiger partial charge in [0.1, 0.15) is 34.6 Å². The maximum Gasteiger partial charge on any atom is 0.319 e. The quantitative estimate of drug-likeness (QED) is 0.133. The summed E-state index contributed by atoms with van der Waals surface area (Å²) >= 11 is 0. The Hall–Kier alpha value is -6.37. The molecule has 5 saturated heterocycles. The van der Waals surface area contributed by atoms with Gasteiger partial charge in [-0.15, -0.1) is 0 Å². The van der Waals surface area contributed by atoms with Gasteiger partial charge in [-0.3, -0.25) is 39.3 Å². The molecule has 6 aliphatic heterocycles. The zero-order chi connectivity index (χ0) is 50.7. The third kappa shape index (κ3) is 8.04. The molecule has 2 saturated carbocycles. The lowest BCUT2D eigenvalue weighted by atomic mass is 9.60. The number of pyridine rings is 1. The highest BCUT2D eigenvalue weighted by Crippen LogP contribution is 2.53. The van der Waals surface area contributed by atoms with E-state index in [1.54, 1.807) is 30.5 Å². The first-order valence-electron chi connectivity index (χ1n) is 26.7. The van der Waals surface area contributed by atoms with Crippen LogP contribution >= 0.6 is 0 Å². The summed E-state index contributed by atoms with van der Waals surface area (Å²) in [5.41, 5.74) is 2.16. The van der Waals surface area contributed by atoms with Gasteiger partial charge in [0, 0.05) is 81.9 Å². The van der Waals surface area contributed by atoms with Crippen molar-refractivity contribution < 1.29 is 42.5 Å². The number of phenolic OH excluding ortho intramolecular Hbond substituents is 1. The second-order valence-corrected chi connectivity index (χ2v) is 22.6. The number of nitrogens with zero attached hydrogens (tertiary/aromatic N) is 8. The van der Waals surface area contributed by atoms with E-state index in [0.717, 1.165) is 108 Å². The predicted octanol–water partition coefficient (Wildman–Crippen LogP) is 6.78. The van der Waals surface area contributed by atoms with Crippen LogP contribution in [0.4, 0.5) is 20.3 Å². The Bertz CT molecular complexity index is 3160. The lowest BCUT2D eigenvalue weighted by Gasteiger charge is -2.56. The lowest BCUT2D eigenvalue weighted by molar-refractivity contribution is -0.151. The molecule has 3 aromatic carbocycles. The fourth-order valence-corrected chi connectivity index (χ4v) is 13.6. The van der Waals surface area contributed by atoms with Crippen molar-refractivity contribution in [2.75, 3.05) is 81.9 Å². The van der Waals surface area contributed by atoms with Gasteiger partial charge in [0.05, 0.1) is 41.0 Å². The summed E-state index contributed by atoms with van der Waals surface area (Å²) in [5.74, 6) is -2.56. The number of piperidine rings is 3. The average molecular weight is 1010 g/mol. The number of aromatic hydroxyl groups is 1. The molecule has 8 aliphatic rings. The van der Waals surface area contributed by atoms with E-state index in [1.807, 2.05) is 13.0 Å². The van der Waals surface area contributed by atoms with E-state index in [4.69, 9.17) is 19.4 Å². The summed E-state index contributed by atoms with van der Waals surface area (Å²) in [7, 11) is 0. The van der Waals surface area contributed by atoms with Gasteiger partial charge in [0.2, 0.25) is 11.8 Å². The molecule has 8 heterocycles. The van der Waals surface area contributed by atoms with Gasteiger partial charge in [-0.25, -0.2) is 8.78 Å². The first-order valence-corrected chi connectivity index (χ1v) is 26.7. The monoisotopic (exact) mass is 1010 g/mol. The first kappa shape index (κ1) is 47.4. The number of anilines is 2. The van der Waals surface area contributed by atoms with Crippen LogP contribution < -0.4 is 19.9 Å². The standard InChI is InChI=1S/C56H61F2N9O7/c1-2-36-40(57)8-7-33-25-35(68)26-38(44(33)36)47-46(58)48-39(29-59-47)49(66-17-4-11-56(31-66)16-24-74-56)62-53(61-48)73-32-55(12-13-55)30-63-18-14-54(15-19-63)27-34(28-54)64-20-22-65(23-21-64)41-6-3-5-37-45(41)52(72)67(51(37)71)42-9-10-43(69)60-50(42)70/h3,5-8,25-26,29,34,42,68H,2,4,9-24,27-28,30-32H2,1H3,(H,60,69,70). The number of fused-ring (bicyclic) bond motifs is 3. The van der Waals surface area contributed by atoms with Gasteiger partial charge in [0.15, 0.2) is 5.82 Å². The molecule has 386 valence electrons. The summed E-state index contributed by atoms with van der Waals surface area (Å²) in [6, 6.07) is 10.9. The number of carbonyl (C=O) groups is 4. The number of nitrogens with one attached hydrogen (secondary N) is 1. The van der Waals surface area contributed by atoms with Gasteiger partial charge in [-0.05, 0) is 129 Å². The molecular formula is C56H61F2N9O7. The smallest absolute Gasteiger partial charge is 0.319 e. The molecule has 13 rings (SSSR count). The van der Waals surface area contributed by atoms with E-state index in [0.29, 0.717) is 81.8 Å². The zero-order valence-corrected chi connectivity index (χ0v) is 41.8. The highest BCUT2D eigenvalue weighted by Gasteiger charge is 2.52. The summed E-state index contributed by atoms with van der Waals surface area (Å²) in [6.07, 6.45) is 11.6. The molecule has 2 atom stereocenters. The minimum absolute atomic E-state index is 0.0272. The maximum atomic E-state index is 17.3. The van der Waals surface area contributed by atoms with Crippen LogP contribution in [0.3, 0.4) is 0 Å². The molecule has 18 heteroatoms. The van der Waals surface area contributed by atoms with Crippen LogP contribution in [-0.2, 0) is 20.7 Å². The molecule has 74 heavy (non-hydrogen) atoms. The van der Waals surface area contributed by atoms with Crippen molar-refractivity contribution >= 4 is 56.8 Å².